The first-order valence-corrected chi connectivity index (χ1v) is 7.65. The van der Waals surface area contributed by atoms with Crippen molar-refractivity contribution in [1.82, 2.24) is 0 Å². The quantitative estimate of drug-likeness (QED) is 0.584. The second kappa shape index (κ2) is 10.3. The van der Waals surface area contributed by atoms with E-state index in [2.05, 4.69) is 10.6 Å². The number of rotatable bonds is 6. The van der Waals surface area contributed by atoms with Gasteiger partial charge in [-0.25, -0.2) is 0 Å². The Morgan fingerprint density at radius 3 is 1.43 bits per heavy atom. The van der Waals surface area contributed by atoms with Crippen molar-refractivity contribution in [2.45, 2.75) is 13.8 Å². The second-order valence-electron chi connectivity index (χ2n) is 4.49. The smallest absolute Gasteiger partial charge is 0.494 e. The molecule has 0 amide bonds. The molecule has 4 nitrogen and oxygen atoms in total. The molecule has 23 heavy (non-hydrogen) atoms. The molecule has 0 aromatic heterocycles. The first-order valence-electron chi connectivity index (χ1n) is 7.25. The molecule has 2 aromatic rings. The van der Waals surface area contributed by atoms with Crippen LogP contribution in [0.3, 0.4) is 0 Å². The van der Waals surface area contributed by atoms with E-state index in [0.717, 1.165) is 22.9 Å². The fourth-order valence-corrected chi connectivity index (χ4v) is 2.13. The van der Waals surface area contributed by atoms with Gasteiger partial charge in [-0.15, -0.1) is 0 Å². The number of benzene rings is 2. The van der Waals surface area contributed by atoms with Crippen molar-refractivity contribution in [3.8, 4) is 11.5 Å². The van der Waals surface area contributed by atoms with Crippen LogP contribution < -0.4 is 20.1 Å². The minimum absolute atomic E-state index is 0. The summed E-state index contributed by atoms with van der Waals surface area (Å²) in [6.07, 6.45) is 0. The van der Waals surface area contributed by atoms with Gasteiger partial charge in [-0.3, -0.25) is 0 Å². The molecular formula is C17H20N2O2STa+2. The Bertz CT molecular complexity index is 549. The maximum Gasteiger partial charge on any atom is 2.00 e. The van der Waals surface area contributed by atoms with Crippen molar-refractivity contribution in [1.29, 1.82) is 0 Å². The van der Waals surface area contributed by atoms with Crippen LogP contribution in [-0.2, 0) is 22.4 Å². The number of thiocarbonyl (C=S) groups is 1. The Morgan fingerprint density at radius 2 is 1.13 bits per heavy atom. The summed E-state index contributed by atoms with van der Waals surface area (Å²) in [7, 11) is 0. The van der Waals surface area contributed by atoms with Gasteiger partial charge in [0.1, 0.15) is 11.5 Å². The molecular weight excluding hydrogens is 477 g/mol. The van der Waals surface area contributed by atoms with Gasteiger partial charge in [-0.05, 0) is 74.6 Å². The van der Waals surface area contributed by atoms with E-state index in [0.29, 0.717) is 18.3 Å². The molecule has 0 aliphatic carbocycles. The summed E-state index contributed by atoms with van der Waals surface area (Å²) < 4.78 is 10.8. The van der Waals surface area contributed by atoms with Crippen LogP contribution in [0, 0.1) is 0 Å². The molecule has 119 valence electrons. The minimum Gasteiger partial charge on any atom is -0.494 e. The summed E-state index contributed by atoms with van der Waals surface area (Å²) >= 11 is 5.30. The zero-order valence-electron chi connectivity index (χ0n) is 13.2. The molecule has 0 fully saturated rings. The Labute approximate surface area is 158 Å². The van der Waals surface area contributed by atoms with E-state index < -0.39 is 0 Å². The summed E-state index contributed by atoms with van der Waals surface area (Å²) in [4.78, 5) is 0. The average Bonchev–Trinajstić information content (AvgIpc) is 2.52. The van der Waals surface area contributed by atoms with Gasteiger partial charge in [0, 0.05) is 11.4 Å². The fourth-order valence-electron chi connectivity index (χ4n) is 1.90. The van der Waals surface area contributed by atoms with Crippen molar-refractivity contribution in [3.05, 3.63) is 48.5 Å². The van der Waals surface area contributed by atoms with Crippen molar-refractivity contribution in [2.75, 3.05) is 23.8 Å². The molecule has 1 radical (unpaired) electrons. The molecule has 0 bridgehead atoms. The normalized spacial score (nSPS) is 9.48. The van der Waals surface area contributed by atoms with Gasteiger partial charge in [0.2, 0.25) is 0 Å². The number of hydrogen-bond acceptors (Lipinski definition) is 3. The number of anilines is 2. The summed E-state index contributed by atoms with van der Waals surface area (Å²) in [5.41, 5.74) is 1.82. The third kappa shape index (κ3) is 6.62. The Morgan fingerprint density at radius 1 is 0.783 bits per heavy atom. The molecule has 2 N–H and O–H groups in total. The second-order valence-corrected chi connectivity index (χ2v) is 4.90. The Hall–Kier alpha value is -1.53. The summed E-state index contributed by atoms with van der Waals surface area (Å²) in [6, 6.07) is 15.3. The zero-order chi connectivity index (χ0) is 15.8. The van der Waals surface area contributed by atoms with Crippen LogP contribution in [0.25, 0.3) is 0 Å². The van der Waals surface area contributed by atoms with E-state index in [1.165, 1.54) is 0 Å². The van der Waals surface area contributed by atoms with E-state index in [4.69, 9.17) is 21.7 Å². The molecule has 0 heterocycles. The van der Waals surface area contributed by atoms with Crippen LogP contribution in [0.1, 0.15) is 13.8 Å². The van der Waals surface area contributed by atoms with Gasteiger partial charge in [0.15, 0.2) is 5.11 Å². The van der Waals surface area contributed by atoms with Crippen LogP contribution in [0.4, 0.5) is 11.4 Å². The SMILES string of the molecule is CCOc1ccc(NC(=S)Nc2ccc(OCC)cc2)cc1.[Ta+2]. The Balaban J connectivity index is 0.00000264. The van der Waals surface area contributed by atoms with Crippen molar-refractivity contribution >= 4 is 28.7 Å². The maximum absolute atomic E-state index is 5.40. The van der Waals surface area contributed by atoms with Gasteiger partial charge < -0.3 is 20.1 Å². The van der Waals surface area contributed by atoms with Crippen molar-refractivity contribution < 1.29 is 31.9 Å². The minimum atomic E-state index is 0. The van der Waals surface area contributed by atoms with Crippen molar-refractivity contribution in [3.63, 3.8) is 0 Å². The first-order chi connectivity index (χ1) is 10.7. The van der Waals surface area contributed by atoms with Crippen LogP contribution in [0.15, 0.2) is 48.5 Å². The molecule has 0 aliphatic rings. The molecule has 0 saturated heterocycles. The zero-order valence-corrected chi connectivity index (χ0v) is 17.2. The topological polar surface area (TPSA) is 42.5 Å². The molecule has 0 saturated carbocycles. The molecule has 0 atom stereocenters. The molecule has 0 spiro atoms. The van der Waals surface area contributed by atoms with E-state index in [1.807, 2.05) is 62.4 Å². The van der Waals surface area contributed by atoms with Crippen LogP contribution in [0.5, 0.6) is 11.5 Å². The van der Waals surface area contributed by atoms with Gasteiger partial charge in [0.05, 0.1) is 13.2 Å². The van der Waals surface area contributed by atoms with Gasteiger partial charge >= 0.3 is 22.4 Å². The van der Waals surface area contributed by atoms with E-state index in [9.17, 15) is 0 Å². The summed E-state index contributed by atoms with van der Waals surface area (Å²) in [6.45, 7) is 5.24. The third-order valence-electron chi connectivity index (χ3n) is 2.85. The molecule has 2 rings (SSSR count). The van der Waals surface area contributed by atoms with E-state index >= 15 is 0 Å². The average molecular weight is 497 g/mol. The van der Waals surface area contributed by atoms with Gasteiger partial charge in [-0.1, -0.05) is 0 Å². The van der Waals surface area contributed by atoms with E-state index in [1.54, 1.807) is 0 Å². The monoisotopic (exact) mass is 497 g/mol. The van der Waals surface area contributed by atoms with Crippen molar-refractivity contribution in [2.24, 2.45) is 0 Å². The molecule has 0 aliphatic heterocycles. The summed E-state index contributed by atoms with van der Waals surface area (Å²) in [5, 5.41) is 6.80. The molecule has 0 unspecified atom stereocenters. The standard InChI is InChI=1S/C17H20N2O2S.Ta/c1-3-20-15-9-5-13(6-10-15)18-17(22)19-14-7-11-16(12-8-14)21-4-2;/h5-12H,3-4H2,1-2H3,(H2,18,19,22);/q;+2. The largest absolute Gasteiger partial charge is 2.00 e. The number of hydrogen-bond donors (Lipinski definition) is 2. The number of nitrogens with one attached hydrogen (secondary N) is 2. The van der Waals surface area contributed by atoms with Crippen LogP contribution in [0.2, 0.25) is 0 Å². The molecule has 2 aromatic carbocycles. The predicted molar refractivity (Wildman–Crippen MR) is 95.1 cm³/mol. The number of ether oxygens (including phenoxy) is 2. The molecule has 6 heteroatoms. The van der Waals surface area contributed by atoms with Crippen LogP contribution >= 0.6 is 12.2 Å². The third-order valence-corrected chi connectivity index (χ3v) is 3.05. The summed E-state index contributed by atoms with van der Waals surface area (Å²) in [5.74, 6) is 1.69. The van der Waals surface area contributed by atoms with Gasteiger partial charge in [-0.2, -0.15) is 0 Å². The van der Waals surface area contributed by atoms with Crippen LogP contribution in [-0.4, -0.2) is 18.3 Å². The maximum atomic E-state index is 5.40. The van der Waals surface area contributed by atoms with Gasteiger partial charge in [0.25, 0.3) is 0 Å². The van der Waals surface area contributed by atoms with E-state index in [-0.39, 0.29) is 22.4 Å². The fraction of sp³-hybridized carbons (Fsp3) is 0.235. The Kier molecular flexibility index (Phi) is 8.73. The first kappa shape index (κ1) is 19.5. The predicted octanol–water partition coefficient (Wildman–Crippen LogP) is 4.29.